The van der Waals surface area contributed by atoms with Gasteiger partial charge in [0.05, 0.1) is 6.61 Å². The van der Waals surface area contributed by atoms with Crippen LogP contribution in [0.15, 0.2) is 21.3 Å². The van der Waals surface area contributed by atoms with Gasteiger partial charge < -0.3 is 44.2 Å². The molecule has 2 aliphatic heterocycles. The van der Waals surface area contributed by atoms with E-state index in [-0.39, 0.29) is 28.6 Å². The van der Waals surface area contributed by atoms with Crippen LogP contribution in [-0.2, 0) is 15.9 Å². The number of fused-ring (bicyclic) bond motifs is 2. The lowest BCUT2D eigenvalue weighted by molar-refractivity contribution is -0.329. The van der Waals surface area contributed by atoms with Crippen molar-refractivity contribution in [2.45, 2.75) is 69.6 Å². The topological polar surface area (TPSA) is 159 Å². The molecule has 10 heteroatoms. The summed E-state index contributed by atoms with van der Waals surface area (Å²) in [5.41, 5.74) is -0.827. The largest absolute Gasteiger partial charge is 0.507 e. The molecule has 5 N–H and O–H groups in total. The second-order valence-electron chi connectivity index (χ2n) is 8.53. The lowest BCUT2D eigenvalue weighted by atomic mass is 9.94. The molecule has 6 atom stereocenters. The van der Waals surface area contributed by atoms with Crippen LogP contribution in [0.5, 0.6) is 11.5 Å². The standard InChI is InChI=1S/C21H26O10/c1-8-4-10(23)15-12(28-8)6-11-9(16(15)24)5-14(29-11)21(2,3)31-20-19(27)18(26)17(25)13(7-22)30-20/h4,6,13-14,17-20,22,24-27H,5,7H2,1-3H3/t13-,14-,17-,18+,19-,20+/m1/s1. The SMILES string of the molecule is Cc1cc(=O)c2c(O)c3c(cc2o1)O[C@@H](C(C)(C)O[C@@H]1O[C@H](CO)[C@@H](O)[C@H](O)[C@H]1O)C3. The van der Waals surface area contributed by atoms with Crippen LogP contribution in [0.4, 0.5) is 0 Å². The first-order valence-corrected chi connectivity index (χ1v) is 9.97. The fraction of sp³-hybridized carbons (Fsp3) is 0.571. The van der Waals surface area contributed by atoms with E-state index in [2.05, 4.69) is 0 Å². The minimum atomic E-state index is -1.57. The van der Waals surface area contributed by atoms with Crippen LogP contribution in [0.3, 0.4) is 0 Å². The number of phenols is 1. The fourth-order valence-electron chi connectivity index (χ4n) is 4.05. The van der Waals surface area contributed by atoms with Crippen LogP contribution in [0.25, 0.3) is 11.0 Å². The van der Waals surface area contributed by atoms with Gasteiger partial charge in [-0.25, -0.2) is 0 Å². The van der Waals surface area contributed by atoms with Gasteiger partial charge in [0.2, 0.25) is 0 Å². The summed E-state index contributed by atoms with van der Waals surface area (Å²) < 4.78 is 22.8. The molecule has 1 aromatic carbocycles. The van der Waals surface area contributed by atoms with Gasteiger partial charge in [-0.2, -0.15) is 0 Å². The van der Waals surface area contributed by atoms with E-state index in [0.717, 1.165) is 0 Å². The first-order valence-electron chi connectivity index (χ1n) is 9.97. The summed E-state index contributed by atoms with van der Waals surface area (Å²) in [7, 11) is 0. The van der Waals surface area contributed by atoms with E-state index in [1.807, 2.05) is 0 Å². The molecule has 0 saturated carbocycles. The summed E-state index contributed by atoms with van der Waals surface area (Å²) in [6, 6.07) is 2.84. The van der Waals surface area contributed by atoms with Crippen LogP contribution >= 0.6 is 0 Å². The van der Waals surface area contributed by atoms with Crippen molar-refractivity contribution in [1.82, 2.24) is 0 Å². The lowest BCUT2D eigenvalue weighted by Crippen LogP contribution is -2.61. The Kier molecular flexibility index (Phi) is 5.49. The highest BCUT2D eigenvalue weighted by atomic mass is 16.7. The van der Waals surface area contributed by atoms with Crippen molar-refractivity contribution < 1.29 is 44.2 Å². The summed E-state index contributed by atoms with van der Waals surface area (Å²) in [6.45, 7) is 4.41. The van der Waals surface area contributed by atoms with E-state index in [9.17, 15) is 30.3 Å². The van der Waals surface area contributed by atoms with Crippen molar-refractivity contribution in [1.29, 1.82) is 0 Å². The Morgan fingerprint density at radius 2 is 1.87 bits per heavy atom. The third-order valence-corrected chi connectivity index (χ3v) is 5.88. The van der Waals surface area contributed by atoms with Crippen molar-refractivity contribution in [3.05, 3.63) is 33.7 Å². The maximum atomic E-state index is 12.3. The maximum absolute atomic E-state index is 12.3. The number of phenolic OH excluding ortho intramolecular Hbond substituents is 1. The Balaban J connectivity index is 1.59. The number of aliphatic hydroxyl groups is 4. The van der Waals surface area contributed by atoms with Crippen LogP contribution in [-0.4, -0.2) is 74.6 Å². The molecule has 4 rings (SSSR count). The third kappa shape index (κ3) is 3.69. The average molecular weight is 438 g/mol. The van der Waals surface area contributed by atoms with Gasteiger partial charge in [-0.3, -0.25) is 4.79 Å². The van der Waals surface area contributed by atoms with Crippen molar-refractivity contribution in [3.8, 4) is 11.5 Å². The highest BCUT2D eigenvalue weighted by molar-refractivity contribution is 5.87. The normalized spacial score (nSPS) is 30.9. The van der Waals surface area contributed by atoms with Gasteiger partial charge in [-0.15, -0.1) is 0 Å². The Bertz CT molecular complexity index is 1040. The molecule has 10 nitrogen and oxygen atoms in total. The molecular formula is C21H26O10. The minimum Gasteiger partial charge on any atom is -0.507 e. The number of aliphatic hydroxyl groups excluding tert-OH is 4. The Morgan fingerprint density at radius 1 is 1.16 bits per heavy atom. The Hall–Kier alpha value is -2.21. The Morgan fingerprint density at radius 3 is 2.55 bits per heavy atom. The van der Waals surface area contributed by atoms with Gasteiger partial charge in [0, 0.05) is 24.1 Å². The fourth-order valence-corrected chi connectivity index (χ4v) is 4.05. The van der Waals surface area contributed by atoms with Crippen molar-refractivity contribution in [3.63, 3.8) is 0 Å². The number of ether oxygens (including phenoxy) is 3. The summed E-state index contributed by atoms with van der Waals surface area (Å²) in [5, 5.41) is 50.3. The molecule has 2 aromatic rings. The number of aromatic hydroxyl groups is 1. The van der Waals surface area contributed by atoms with Crippen LogP contribution in [0, 0.1) is 6.92 Å². The van der Waals surface area contributed by atoms with E-state index in [1.54, 1.807) is 26.8 Å². The van der Waals surface area contributed by atoms with Crippen LogP contribution in [0.2, 0.25) is 0 Å². The van der Waals surface area contributed by atoms with Crippen molar-refractivity contribution in [2.75, 3.05) is 6.61 Å². The first-order chi connectivity index (χ1) is 14.5. The summed E-state index contributed by atoms with van der Waals surface area (Å²) in [5.74, 6) is 0.527. The monoisotopic (exact) mass is 438 g/mol. The molecule has 0 aliphatic carbocycles. The van der Waals surface area contributed by atoms with E-state index in [0.29, 0.717) is 17.1 Å². The number of aryl methyl sites for hydroxylation is 1. The molecular weight excluding hydrogens is 412 g/mol. The highest BCUT2D eigenvalue weighted by Crippen LogP contribution is 2.43. The van der Waals surface area contributed by atoms with Gasteiger partial charge in [-0.1, -0.05) is 0 Å². The van der Waals surface area contributed by atoms with Gasteiger partial charge in [0.1, 0.15) is 64.3 Å². The highest BCUT2D eigenvalue weighted by Gasteiger charge is 2.48. The lowest BCUT2D eigenvalue weighted by Gasteiger charge is -2.43. The van der Waals surface area contributed by atoms with Crippen molar-refractivity contribution in [2.24, 2.45) is 0 Å². The van der Waals surface area contributed by atoms with E-state index < -0.39 is 49.0 Å². The van der Waals surface area contributed by atoms with E-state index in [1.165, 1.54) is 6.07 Å². The van der Waals surface area contributed by atoms with Gasteiger partial charge in [0.15, 0.2) is 11.7 Å². The Labute approximate surface area is 177 Å². The molecule has 2 aliphatic rings. The van der Waals surface area contributed by atoms with Gasteiger partial charge in [-0.05, 0) is 20.8 Å². The average Bonchev–Trinajstić information content (AvgIpc) is 3.13. The zero-order chi connectivity index (χ0) is 22.7. The molecule has 3 heterocycles. The molecule has 170 valence electrons. The maximum Gasteiger partial charge on any atom is 0.196 e. The number of hydrogen-bond donors (Lipinski definition) is 5. The molecule has 0 radical (unpaired) electrons. The molecule has 1 fully saturated rings. The summed E-state index contributed by atoms with van der Waals surface area (Å²) in [4.78, 5) is 12.3. The molecule has 0 bridgehead atoms. The smallest absolute Gasteiger partial charge is 0.196 e. The molecule has 1 aromatic heterocycles. The number of hydrogen-bond acceptors (Lipinski definition) is 10. The summed E-state index contributed by atoms with van der Waals surface area (Å²) in [6.07, 6.45) is -7.49. The second-order valence-corrected chi connectivity index (χ2v) is 8.53. The molecule has 0 spiro atoms. The predicted octanol–water partition coefficient (Wildman–Crippen LogP) is -0.294. The molecule has 1 saturated heterocycles. The number of benzene rings is 1. The van der Waals surface area contributed by atoms with E-state index >= 15 is 0 Å². The molecule has 0 unspecified atom stereocenters. The first kappa shape index (κ1) is 22.0. The zero-order valence-corrected chi connectivity index (χ0v) is 17.3. The third-order valence-electron chi connectivity index (χ3n) is 5.88. The van der Waals surface area contributed by atoms with E-state index in [4.69, 9.17) is 18.6 Å². The minimum absolute atomic E-state index is 0.0706. The quantitative estimate of drug-likeness (QED) is 0.429. The molecule has 31 heavy (non-hydrogen) atoms. The van der Waals surface area contributed by atoms with Crippen LogP contribution < -0.4 is 10.2 Å². The van der Waals surface area contributed by atoms with Crippen LogP contribution in [0.1, 0.15) is 25.2 Å². The molecule has 0 amide bonds. The second kappa shape index (κ2) is 7.73. The predicted molar refractivity (Wildman–Crippen MR) is 106 cm³/mol. The van der Waals surface area contributed by atoms with Gasteiger partial charge in [0.25, 0.3) is 0 Å². The zero-order valence-electron chi connectivity index (χ0n) is 17.3. The van der Waals surface area contributed by atoms with Crippen molar-refractivity contribution >= 4 is 11.0 Å². The summed E-state index contributed by atoms with van der Waals surface area (Å²) >= 11 is 0. The number of rotatable bonds is 4. The van der Waals surface area contributed by atoms with Gasteiger partial charge >= 0.3 is 0 Å².